The first kappa shape index (κ1) is 20.0. The van der Waals surface area contributed by atoms with Gasteiger partial charge in [-0.3, -0.25) is 9.59 Å². The summed E-state index contributed by atoms with van der Waals surface area (Å²) in [4.78, 5) is 28.2. The molecule has 0 aromatic heterocycles. The molecule has 152 valence electrons. The molecule has 0 saturated heterocycles. The van der Waals surface area contributed by atoms with Gasteiger partial charge < -0.3 is 24.9 Å². The van der Waals surface area contributed by atoms with Crippen molar-refractivity contribution in [3.63, 3.8) is 0 Å². The van der Waals surface area contributed by atoms with Crippen LogP contribution in [-0.4, -0.2) is 31.4 Å². The van der Waals surface area contributed by atoms with Crippen molar-refractivity contribution in [1.82, 2.24) is 0 Å². The predicted octanol–water partition coefficient (Wildman–Crippen LogP) is 3.01. The Kier molecular flexibility index (Phi) is 5.86. The minimum Gasteiger partial charge on any atom is -0.454 e. The van der Waals surface area contributed by atoms with Gasteiger partial charge in [-0.2, -0.15) is 13.2 Å². The number of halogens is 3. The number of anilines is 2. The number of nitrogens with one attached hydrogen (secondary N) is 2. The number of fused-ring (bicyclic) bond motifs is 1. The van der Waals surface area contributed by atoms with E-state index in [-0.39, 0.29) is 12.5 Å². The van der Waals surface area contributed by atoms with Crippen molar-refractivity contribution in [2.75, 3.05) is 24.0 Å². The lowest BCUT2D eigenvalue weighted by atomic mass is 10.2. The van der Waals surface area contributed by atoms with Crippen LogP contribution in [0.25, 0.3) is 0 Å². The highest BCUT2D eigenvalue weighted by molar-refractivity contribution is 6.31. The fourth-order valence-corrected chi connectivity index (χ4v) is 2.30. The molecule has 0 spiro atoms. The molecule has 0 bridgehead atoms. The SMILES string of the molecule is O=C(/C=N\OCC(=O)Nc1ccc2c(c1)OCO2)Nc1cccc(C(F)(F)F)c1. The smallest absolute Gasteiger partial charge is 0.416 e. The number of oxime groups is 1. The number of amides is 2. The van der Waals surface area contributed by atoms with E-state index in [1.54, 1.807) is 18.2 Å². The Labute approximate surface area is 162 Å². The van der Waals surface area contributed by atoms with Gasteiger partial charge in [0.05, 0.1) is 5.56 Å². The third-order valence-corrected chi connectivity index (χ3v) is 3.55. The van der Waals surface area contributed by atoms with Crippen LogP contribution in [0.1, 0.15) is 5.56 Å². The van der Waals surface area contributed by atoms with Crippen molar-refractivity contribution >= 4 is 29.4 Å². The molecule has 0 radical (unpaired) electrons. The Morgan fingerprint density at radius 1 is 1.07 bits per heavy atom. The van der Waals surface area contributed by atoms with Crippen LogP contribution in [0, 0.1) is 0 Å². The third kappa shape index (κ3) is 5.61. The van der Waals surface area contributed by atoms with Crippen molar-refractivity contribution in [3.05, 3.63) is 48.0 Å². The van der Waals surface area contributed by atoms with Crippen molar-refractivity contribution in [2.45, 2.75) is 6.18 Å². The molecule has 0 fully saturated rings. The number of carbonyl (C=O) groups excluding carboxylic acids is 2. The maximum Gasteiger partial charge on any atom is 0.416 e. The first-order chi connectivity index (χ1) is 13.8. The Morgan fingerprint density at radius 3 is 2.62 bits per heavy atom. The number of benzene rings is 2. The first-order valence-corrected chi connectivity index (χ1v) is 8.14. The van der Waals surface area contributed by atoms with Gasteiger partial charge in [-0.05, 0) is 30.3 Å². The minimum absolute atomic E-state index is 0.0585. The van der Waals surface area contributed by atoms with Gasteiger partial charge in [0.15, 0.2) is 18.1 Å². The van der Waals surface area contributed by atoms with Gasteiger partial charge in [0, 0.05) is 17.4 Å². The van der Waals surface area contributed by atoms with Gasteiger partial charge in [-0.25, -0.2) is 0 Å². The zero-order valence-electron chi connectivity index (χ0n) is 14.7. The fourth-order valence-electron chi connectivity index (χ4n) is 2.30. The molecule has 11 heteroatoms. The average molecular weight is 409 g/mol. The van der Waals surface area contributed by atoms with Gasteiger partial charge >= 0.3 is 6.18 Å². The van der Waals surface area contributed by atoms with Crippen LogP contribution in [0.5, 0.6) is 11.5 Å². The molecular weight excluding hydrogens is 395 g/mol. The summed E-state index contributed by atoms with van der Waals surface area (Å²) < 4.78 is 48.3. The normalized spacial score (nSPS) is 12.7. The molecule has 2 N–H and O–H groups in total. The number of alkyl halides is 3. The molecule has 2 aromatic carbocycles. The maximum atomic E-state index is 12.6. The van der Waals surface area contributed by atoms with Gasteiger partial charge in [0.1, 0.15) is 6.21 Å². The van der Waals surface area contributed by atoms with Crippen molar-refractivity contribution in [3.8, 4) is 11.5 Å². The second-order valence-corrected chi connectivity index (χ2v) is 5.69. The van der Waals surface area contributed by atoms with Gasteiger partial charge in [0.2, 0.25) is 6.79 Å². The summed E-state index contributed by atoms with van der Waals surface area (Å²) in [6.07, 6.45) is -3.82. The quantitative estimate of drug-likeness (QED) is 0.565. The van der Waals surface area contributed by atoms with E-state index in [9.17, 15) is 22.8 Å². The molecule has 0 unspecified atom stereocenters. The van der Waals surface area contributed by atoms with Crippen LogP contribution in [0.4, 0.5) is 24.5 Å². The van der Waals surface area contributed by atoms with Gasteiger partial charge in [-0.1, -0.05) is 11.2 Å². The lowest BCUT2D eigenvalue weighted by Crippen LogP contribution is -2.18. The molecule has 2 amide bonds. The van der Waals surface area contributed by atoms with Crippen molar-refractivity contribution in [1.29, 1.82) is 0 Å². The van der Waals surface area contributed by atoms with Crippen LogP contribution < -0.4 is 20.1 Å². The molecule has 3 rings (SSSR count). The zero-order chi connectivity index (χ0) is 20.9. The molecule has 1 heterocycles. The first-order valence-electron chi connectivity index (χ1n) is 8.14. The summed E-state index contributed by atoms with van der Waals surface area (Å²) in [6.45, 7) is -0.380. The number of carbonyl (C=O) groups is 2. The average Bonchev–Trinajstić information content (AvgIpc) is 3.12. The highest BCUT2D eigenvalue weighted by Crippen LogP contribution is 2.34. The fraction of sp³-hybridized carbons (Fsp3) is 0.167. The van der Waals surface area contributed by atoms with Gasteiger partial charge in [0.25, 0.3) is 11.8 Å². The Morgan fingerprint density at radius 2 is 1.83 bits per heavy atom. The topological polar surface area (TPSA) is 98.2 Å². The van der Waals surface area contributed by atoms with E-state index >= 15 is 0 Å². The lowest BCUT2D eigenvalue weighted by molar-refractivity contribution is -0.137. The number of ether oxygens (including phenoxy) is 2. The van der Waals surface area contributed by atoms with Crippen LogP contribution >= 0.6 is 0 Å². The number of hydrogen-bond donors (Lipinski definition) is 2. The van der Waals surface area contributed by atoms with E-state index in [1.807, 2.05) is 0 Å². The lowest BCUT2D eigenvalue weighted by Gasteiger charge is -2.08. The summed E-state index contributed by atoms with van der Waals surface area (Å²) in [7, 11) is 0. The molecular formula is C18H14F3N3O5. The number of rotatable bonds is 6. The molecule has 0 saturated carbocycles. The summed E-state index contributed by atoms with van der Waals surface area (Å²) in [6, 6.07) is 8.93. The molecule has 1 aliphatic heterocycles. The minimum atomic E-state index is -4.52. The van der Waals surface area contributed by atoms with Crippen LogP contribution in [0.2, 0.25) is 0 Å². The van der Waals surface area contributed by atoms with Crippen LogP contribution in [0.3, 0.4) is 0 Å². The summed E-state index contributed by atoms with van der Waals surface area (Å²) >= 11 is 0. The predicted molar refractivity (Wildman–Crippen MR) is 95.7 cm³/mol. The Hall–Kier alpha value is -3.76. The highest BCUT2D eigenvalue weighted by atomic mass is 19.4. The molecule has 0 atom stereocenters. The van der Waals surface area contributed by atoms with Crippen LogP contribution in [0.15, 0.2) is 47.6 Å². The molecule has 29 heavy (non-hydrogen) atoms. The van der Waals surface area contributed by atoms with Crippen molar-refractivity contribution < 1.29 is 37.1 Å². The van der Waals surface area contributed by atoms with Crippen LogP contribution in [-0.2, 0) is 20.6 Å². The van der Waals surface area contributed by atoms with E-state index in [2.05, 4.69) is 15.8 Å². The molecule has 1 aliphatic rings. The maximum absolute atomic E-state index is 12.6. The van der Waals surface area contributed by atoms with E-state index in [4.69, 9.17) is 14.3 Å². The third-order valence-electron chi connectivity index (χ3n) is 3.55. The number of hydrogen-bond acceptors (Lipinski definition) is 6. The van der Waals surface area contributed by atoms with Gasteiger partial charge in [-0.15, -0.1) is 0 Å². The molecule has 8 nitrogen and oxygen atoms in total. The van der Waals surface area contributed by atoms with Crippen molar-refractivity contribution in [2.24, 2.45) is 5.16 Å². The Balaban J connectivity index is 1.44. The van der Waals surface area contributed by atoms with E-state index in [1.165, 1.54) is 6.07 Å². The Bertz CT molecular complexity index is 947. The number of nitrogens with zero attached hydrogens (tertiary/aromatic N) is 1. The summed E-state index contributed by atoms with van der Waals surface area (Å²) in [5, 5.41) is 8.06. The second-order valence-electron chi connectivity index (χ2n) is 5.69. The highest BCUT2D eigenvalue weighted by Gasteiger charge is 2.30. The standard InChI is InChI=1S/C18H14F3N3O5/c19-18(20,21)11-2-1-3-12(6-11)23-16(25)8-22-29-9-17(26)24-13-4-5-14-15(7-13)28-10-27-14/h1-8H,9-10H2,(H,23,25)(H,24,26)/b22-8-. The zero-order valence-corrected chi connectivity index (χ0v) is 14.7. The largest absolute Gasteiger partial charge is 0.454 e. The van der Waals surface area contributed by atoms with E-state index in [0.717, 1.165) is 18.2 Å². The summed E-state index contributed by atoms with van der Waals surface area (Å²) in [5.41, 5.74) is -0.505. The summed E-state index contributed by atoms with van der Waals surface area (Å²) in [5.74, 6) is -0.302. The monoisotopic (exact) mass is 409 g/mol. The second kappa shape index (κ2) is 8.50. The molecule has 0 aliphatic carbocycles. The van der Waals surface area contributed by atoms with E-state index < -0.39 is 30.2 Å². The van der Waals surface area contributed by atoms with E-state index in [0.29, 0.717) is 23.4 Å². The molecule has 2 aromatic rings.